The SMILES string of the molecule is C[C@@H](NC(=O)N[C@@H]1CCc2ccccc21)c1nncn1C. The van der Waals surface area contributed by atoms with Gasteiger partial charge in [0.15, 0.2) is 5.82 Å². The number of rotatable bonds is 3. The largest absolute Gasteiger partial charge is 0.331 e. The lowest BCUT2D eigenvalue weighted by Crippen LogP contribution is -2.39. The molecule has 21 heavy (non-hydrogen) atoms. The number of nitrogens with zero attached hydrogens (tertiary/aromatic N) is 3. The van der Waals surface area contributed by atoms with E-state index in [1.165, 1.54) is 11.1 Å². The highest BCUT2D eigenvalue weighted by Crippen LogP contribution is 2.30. The van der Waals surface area contributed by atoms with Gasteiger partial charge in [0.05, 0.1) is 12.1 Å². The third-order valence-corrected chi connectivity index (χ3v) is 3.92. The summed E-state index contributed by atoms with van der Waals surface area (Å²) in [4.78, 5) is 12.1. The van der Waals surface area contributed by atoms with Gasteiger partial charge in [0, 0.05) is 7.05 Å². The molecule has 0 saturated carbocycles. The van der Waals surface area contributed by atoms with Crippen LogP contribution in [0.5, 0.6) is 0 Å². The Morgan fingerprint density at radius 3 is 3.00 bits per heavy atom. The smallest absolute Gasteiger partial charge is 0.315 e. The molecule has 0 unspecified atom stereocenters. The Kier molecular flexibility index (Phi) is 3.60. The molecule has 2 atom stereocenters. The standard InChI is InChI=1S/C15H19N5O/c1-10(14-19-16-9-20(14)2)17-15(21)18-13-8-7-11-5-3-4-6-12(11)13/h3-6,9-10,13H,7-8H2,1-2H3,(H2,17,18,21)/t10-,13-/m1/s1. The molecule has 2 N–H and O–H groups in total. The number of amides is 2. The van der Waals surface area contributed by atoms with Crippen molar-refractivity contribution in [2.24, 2.45) is 7.05 Å². The minimum absolute atomic E-state index is 0.0906. The highest BCUT2D eigenvalue weighted by molar-refractivity contribution is 5.75. The summed E-state index contributed by atoms with van der Waals surface area (Å²) in [6, 6.07) is 7.99. The van der Waals surface area contributed by atoms with Gasteiger partial charge in [-0.05, 0) is 30.9 Å². The van der Waals surface area contributed by atoms with E-state index in [1.807, 2.05) is 26.1 Å². The first-order valence-corrected chi connectivity index (χ1v) is 7.14. The monoisotopic (exact) mass is 285 g/mol. The quantitative estimate of drug-likeness (QED) is 0.904. The minimum Gasteiger partial charge on any atom is -0.331 e. The molecule has 1 aromatic heterocycles. The van der Waals surface area contributed by atoms with Crippen molar-refractivity contribution in [2.75, 3.05) is 0 Å². The van der Waals surface area contributed by atoms with E-state index in [0.29, 0.717) is 0 Å². The fraction of sp³-hybridized carbons (Fsp3) is 0.400. The summed E-state index contributed by atoms with van der Waals surface area (Å²) in [5, 5.41) is 13.8. The predicted octanol–water partition coefficient (Wildman–Crippen LogP) is 1.86. The van der Waals surface area contributed by atoms with Crippen LogP contribution < -0.4 is 10.6 Å². The topological polar surface area (TPSA) is 71.8 Å². The van der Waals surface area contributed by atoms with Gasteiger partial charge in [-0.15, -0.1) is 10.2 Å². The van der Waals surface area contributed by atoms with E-state index in [4.69, 9.17) is 0 Å². The third-order valence-electron chi connectivity index (χ3n) is 3.92. The summed E-state index contributed by atoms with van der Waals surface area (Å²) in [5.41, 5.74) is 2.54. The maximum absolute atomic E-state index is 12.1. The zero-order chi connectivity index (χ0) is 14.8. The van der Waals surface area contributed by atoms with E-state index in [9.17, 15) is 4.79 Å². The fourth-order valence-corrected chi connectivity index (χ4v) is 2.85. The van der Waals surface area contributed by atoms with Gasteiger partial charge >= 0.3 is 6.03 Å². The summed E-state index contributed by atoms with van der Waals surface area (Å²) in [7, 11) is 1.86. The van der Waals surface area contributed by atoms with Crippen LogP contribution >= 0.6 is 0 Å². The Bertz CT molecular complexity index is 651. The van der Waals surface area contributed by atoms with Crippen LogP contribution in [0.25, 0.3) is 0 Å². The van der Waals surface area contributed by atoms with Crippen LogP contribution in [0.15, 0.2) is 30.6 Å². The lowest BCUT2D eigenvalue weighted by molar-refractivity contribution is 0.233. The molecule has 3 rings (SSSR count). The zero-order valence-corrected chi connectivity index (χ0v) is 12.2. The Labute approximate surface area is 123 Å². The summed E-state index contributed by atoms with van der Waals surface area (Å²) >= 11 is 0. The van der Waals surface area contributed by atoms with Gasteiger partial charge in [-0.3, -0.25) is 0 Å². The molecule has 0 saturated heterocycles. The number of nitrogens with one attached hydrogen (secondary N) is 2. The molecule has 1 aliphatic carbocycles. The van der Waals surface area contributed by atoms with Crippen LogP contribution in [-0.2, 0) is 13.5 Å². The van der Waals surface area contributed by atoms with E-state index in [1.54, 1.807) is 10.9 Å². The van der Waals surface area contributed by atoms with Crippen LogP contribution in [0.3, 0.4) is 0 Å². The molecule has 0 radical (unpaired) electrons. The summed E-state index contributed by atoms with van der Waals surface area (Å²) in [5.74, 6) is 0.733. The minimum atomic E-state index is -0.186. The number of fused-ring (bicyclic) bond motifs is 1. The van der Waals surface area contributed by atoms with Crippen molar-refractivity contribution in [3.8, 4) is 0 Å². The molecule has 110 valence electrons. The first-order chi connectivity index (χ1) is 10.1. The van der Waals surface area contributed by atoms with Crippen molar-refractivity contribution in [3.63, 3.8) is 0 Å². The van der Waals surface area contributed by atoms with Gasteiger partial charge in [0.1, 0.15) is 6.33 Å². The molecular weight excluding hydrogens is 266 g/mol. The van der Waals surface area contributed by atoms with Crippen LogP contribution in [0.4, 0.5) is 4.79 Å². The summed E-state index contributed by atoms with van der Waals surface area (Å²) in [6.07, 6.45) is 3.59. The van der Waals surface area contributed by atoms with Crippen molar-refractivity contribution < 1.29 is 4.79 Å². The predicted molar refractivity (Wildman–Crippen MR) is 78.6 cm³/mol. The third kappa shape index (κ3) is 2.74. The molecule has 0 aliphatic heterocycles. The number of benzene rings is 1. The second-order valence-corrected chi connectivity index (χ2v) is 5.43. The molecule has 1 aromatic carbocycles. The fourth-order valence-electron chi connectivity index (χ4n) is 2.85. The zero-order valence-electron chi connectivity index (χ0n) is 12.2. The summed E-state index contributed by atoms with van der Waals surface area (Å²) in [6.45, 7) is 1.90. The van der Waals surface area contributed by atoms with Crippen molar-refractivity contribution in [3.05, 3.63) is 47.5 Å². The van der Waals surface area contributed by atoms with E-state index < -0.39 is 0 Å². The van der Waals surface area contributed by atoms with Gasteiger partial charge in [-0.25, -0.2) is 4.79 Å². The maximum Gasteiger partial charge on any atom is 0.315 e. The number of hydrogen-bond donors (Lipinski definition) is 2. The molecule has 0 spiro atoms. The van der Waals surface area contributed by atoms with E-state index >= 15 is 0 Å². The van der Waals surface area contributed by atoms with Gasteiger partial charge in [-0.1, -0.05) is 24.3 Å². The van der Waals surface area contributed by atoms with Crippen molar-refractivity contribution in [1.29, 1.82) is 0 Å². The van der Waals surface area contributed by atoms with Crippen LogP contribution in [0.2, 0.25) is 0 Å². The van der Waals surface area contributed by atoms with Crippen LogP contribution in [0, 0.1) is 0 Å². The molecule has 6 heteroatoms. The molecule has 1 heterocycles. The van der Waals surface area contributed by atoms with E-state index in [-0.39, 0.29) is 18.1 Å². The Morgan fingerprint density at radius 1 is 1.43 bits per heavy atom. The molecule has 0 bridgehead atoms. The molecule has 2 amide bonds. The Hall–Kier alpha value is -2.37. The maximum atomic E-state index is 12.1. The van der Waals surface area contributed by atoms with Gasteiger partial charge in [0.2, 0.25) is 0 Å². The number of hydrogen-bond acceptors (Lipinski definition) is 3. The second-order valence-electron chi connectivity index (χ2n) is 5.43. The first-order valence-electron chi connectivity index (χ1n) is 7.14. The van der Waals surface area contributed by atoms with Gasteiger partial charge in [-0.2, -0.15) is 0 Å². The Morgan fingerprint density at radius 2 is 2.24 bits per heavy atom. The molecular formula is C15H19N5O. The van der Waals surface area contributed by atoms with Crippen molar-refractivity contribution in [1.82, 2.24) is 25.4 Å². The molecule has 1 aliphatic rings. The average Bonchev–Trinajstić information content (AvgIpc) is 3.06. The van der Waals surface area contributed by atoms with Crippen molar-refractivity contribution in [2.45, 2.75) is 31.8 Å². The van der Waals surface area contributed by atoms with E-state index in [0.717, 1.165) is 18.7 Å². The number of urea groups is 1. The highest BCUT2D eigenvalue weighted by Gasteiger charge is 2.24. The number of aromatic nitrogens is 3. The molecule has 6 nitrogen and oxygen atoms in total. The summed E-state index contributed by atoms with van der Waals surface area (Å²) < 4.78 is 1.80. The number of carbonyl (C=O) groups excluding carboxylic acids is 1. The normalized spacial score (nSPS) is 18.1. The second kappa shape index (κ2) is 5.55. The number of carbonyl (C=O) groups is 1. The molecule has 0 fully saturated rings. The average molecular weight is 285 g/mol. The van der Waals surface area contributed by atoms with E-state index in [2.05, 4.69) is 33.0 Å². The Balaban J connectivity index is 1.62. The van der Waals surface area contributed by atoms with Crippen LogP contribution in [0.1, 0.15) is 42.4 Å². The number of aryl methyl sites for hydroxylation is 2. The lowest BCUT2D eigenvalue weighted by atomic mass is 10.1. The molecule has 2 aromatic rings. The van der Waals surface area contributed by atoms with Crippen molar-refractivity contribution >= 4 is 6.03 Å². The van der Waals surface area contributed by atoms with Gasteiger partial charge < -0.3 is 15.2 Å². The highest BCUT2D eigenvalue weighted by atomic mass is 16.2. The van der Waals surface area contributed by atoms with Crippen LogP contribution in [-0.4, -0.2) is 20.8 Å². The lowest BCUT2D eigenvalue weighted by Gasteiger charge is -2.18. The first kappa shape index (κ1) is 13.6. The van der Waals surface area contributed by atoms with Gasteiger partial charge in [0.25, 0.3) is 0 Å².